The highest BCUT2D eigenvalue weighted by atomic mass is 16.5. The number of aromatic nitrogens is 4. The number of carbonyl (C=O) groups is 1. The van der Waals surface area contributed by atoms with Gasteiger partial charge in [0.05, 0.1) is 19.9 Å². The van der Waals surface area contributed by atoms with Crippen molar-refractivity contribution in [2.24, 2.45) is 0 Å². The van der Waals surface area contributed by atoms with Crippen LogP contribution in [-0.4, -0.2) is 46.2 Å². The zero-order valence-electron chi connectivity index (χ0n) is 16.6. The van der Waals surface area contributed by atoms with E-state index >= 15 is 0 Å². The minimum absolute atomic E-state index is 0.201. The Hall–Kier alpha value is -3.29. The summed E-state index contributed by atoms with van der Waals surface area (Å²) in [5, 5.41) is 11.6. The molecule has 0 fully saturated rings. The van der Waals surface area contributed by atoms with Crippen molar-refractivity contribution in [3.63, 3.8) is 0 Å². The Balaban J connectivity index is 1.54. The summed E-state index contributed by atoms with van der Waals surface area (Å²) in [5.41, 5.74) is 3.44. The van der Waals surface area contributed by atoms with E-state index in [1.54, 1.807) is 31.2 Å². The van der Waals surface area contributed by atoms with Gasteiger partial charge in [-0.15, -0.1) is 0 Å². The smallest absolute Gasteiger partial charge is 0.271 e. The van der Waals surface area contributed by atoms with E-state index in [1.165, 1.54) is 0 Å². The van der Waals surface area contributed by atoms with Crippen molar-refractivity contribution in [2.75, 3.05) is 20.8 Å². The molecule has 1 amide bonds. The molecule has 0 saturated carbocycles. The lowest BCUT2D eigenvalue weighted by Gasteiger charge is -2.10. The molecule has 0 aliphatic rings. The Labute approximate surface area is 164 Å². The summed E-state index contributed by atoms with van der Waals surface area (Å²) >= 11 is 0. The number of methoxy groups -OCH3 is 2. The molecule has 8 nitrogen and oxygen atoms in total. The van der Waals surface area contributed by atoms with Crippen molar-refractivity contribution in [3.8, 4) is 11.5 Å². The summed E-state index contributed by atoms with van der Waals surface area (Å²) in [6, 6.07) is 9.43. The molecule has 0 radical (unpaired) electrons. The van der Waals surface area contributed by atoms with Crippen LogP contribution >= 0.6 is 0 Å². The van der Waals surface area contributed by atoms with Crippen LogP contribution in [0.5, 0.6) is 11.5 Å². The van der Waals surface area contributed by atoms with E-state index in [0.717, 1.165) is 17.0 Å². The van der Waals surface area contributed by atoms with Gasteiger partial charge in [0.1, 0.15) is 12.4 Å². The predicted molar refractivity (Wildman–Crippen MR) is 105 cm³/mol. The monoisotopic (exact) mass is 383 g/mol. The molecule has 3 rings (SSSR count). The lowest BCUT2D eigenvalue weighted by atomic mass is 10.1. The lowest BCUT2D eigenvalue weighted by Crippen LogP contribution is -2.26. The maximum Gasteiger partial charge on any atom is 0.271 e. The predicted octanol–water partition coefficient (Wildman–Crippen LogP) is 2.19. The number of ether oxygens (including phenoxy) is 2. The molecule has 2 heterocycles. The molecule has 8 heteroatoms. The average molecular weight is 383 g/mol. The van der Waals surface area contributed by atoms with Crippen molar-refractivity contribution < 1.29 is 14.3 Å². The number of hydrogen-bond donors (Lipinski definition) is 1. The molecule has 3 aromatic rings. The van der Waals surface area contributed by atoms with Crippen LogP contribution in [0.15, 0.2) is 36.5 Å². The van der Waals surface area contributed by atoms with Crippen LogP contribution in [0.3, 0.4) is 0 Å². The largest absolute Gasteiger partial charge is 0.493 e. The van der Waals surface area contributed by atoms with Crippen molar-refractivity contribution in [1.82, 2.24) is 24.9 Å². The topological polar surface area (TPSA) is 83.2 Å². The van der Waals surface area contributed by atoms with Crippen molar-refractivity contribution in [2.45, 2.75) is 26.9 Å². The molecule has 2 aromatic heterocycles. The van der Waals surface area contributed by atoms with Gasteiger partial charge in [-0.25, -0.2) is 4.68 Å². The molecule has 1 aromatic carbocycles. The summed E-state index contributed by atoms with van der Waals surface area (Å²) < 4.78 is 14.1. The molecule has 0 aliphatic carbocycles. The van der Waals surface area contributed by atoms with Crippen molar-refractivity contribution in [3.05, 3.63) is 59.2 Å². The van der Waals surface area contributed by atoms with Crippen LogP contribution in [0, 0.1) is 13.8 Å². The molecular weight excluding hydrogens is 358 g/mol. The van der Waals surface area contributed by atoms with Crippen LogP contribution in [-0.2, 0) is 13.1 Å². The molecular formula is C20H25N5O3. The van der Waals surface area contributed by atoms with E-state index in [9.17, 15) is 4.79 Å². The summed E-state index contributed by atoms with van der Waals surface area (Å²) in [4.78, 5) is 12.3. The maximum absolute atomic E-state index is 12.3. The van der Waals surface area contributed by atoms with Gasteiger partial charge in [0.15, 0.2) is 11.5 Å². The highest BCUT2D eigenvalue weighted by Gasteiger charge is 2.11. The van der Waals surface area contributed by atoms with Gasteiger partial charge in [-0.05, 0) is 50.1 Å². The molecule has 0 aliphatic heterocycles. The fourth-order valence-corrected chi connectivity index (χ4v) is 2.96. The van der Waals surface area contributed by atoms with E-state index in [-0.39, 0.29) is 5.91 Å². The third-order valence-electron chi connectivity index (χ3n) is 4.40. The quantitative estimate of drug-likeness (QED) is 0.645. The highest BCUT2D eigenvalue weighted by Crippen LogP contribution is 2.27. The third kappa shape index (κ3) is 4.51. The number of nitrogens with zero attached hydrogens (tertiary/aromatic N) is 4. The Morgan fingerprint density at radius 3 is 2.54 bits per heavy atom. The maximum atomic E-state index is 12.3. The second kappa shape index (κ2) is 8.60. The van der Waals surface area contributed by atoms with E-state index in [0.29, 0.717) is 36.8 Å². The molecule has 148 valence electrons. The second-order valence-electron chi connectivity index (χ2n) is 6.50. The number of benzene rings is 1. The fourth-order valence-electron chi connectivity index (χ4n) is 2.96. The first-order chi connectivity index (χ1) is 13.5. The van der Waals surface area contributed by atoms with Gasteiger partial charge in [-0.1, -0.05) is 6.07 Å². The van der Waals surface area contributed by atoms with Crippen LogP contribution in [0.2, 0.25) is 0 Å². The standard InChI is InChI=1S/C20H25N5O3/c1-14-11-15(2)25(22-14)13-24-10-8-17(23-24)20(26)21-9-7-16-5-6-18(27-3)19(12-16)28-4/h5-6,8,10-12H,7,9,13H2,1-4H3,(H,21,26). The van der Waals surface area contributed by atoms with Gasteiger partial charge < -0.3 is 14.8 Å². The van der Waals surface area contributed by atoms with Crippen molar-refractivity contribution >= 4 is 5.91 Å². The van der Waals surface area contributed by atoms with E-state index in [4.69, 9.17) is 9.47 Å². The van der Waals surface area contributed by atoms with Gasteiger partial charge in [0.2, 0.25) is 0 Å². The minimum atomic E-state index is -0.201. The van der Waals surface area contributed by atoms with Crippen LogP contribution in [0.4, 0.5) is 0 Å². The number of amides is 1. The lowest BCUT2D eigenvalue weighted by molar-refractivity contribution is 0.0948. The van der Waals surface area contributed by atoms with E-state index in [2.05, 4.69) is 15.5 Å². The zero-order valence-corrected chi connectivity index (χ0v) is 16.6. The number of nitrogens with one attached hydrogen (secondary N) is 1. The van der Waals surface area contributed by atoms with Gasteiger partial charge in [0.25, 0.3) is 5.91 Å². The third-order valence-corrected chi connectivity index (χ3v) is 4.40. The number of carbonyl (C=O) groups excluding carboxylic acids is 1. The highest BCUT2D eigenvalue weighted by molar-refractivity contribution is 5.92. The van der Waals surface area contributed by atoms with Crippen LogP contribution in [0.1, 0.15) is 27.4 Å². The van der Waals surface area contributed by atoms with Gasteiger partial charge >= 0.3 is 0 Å². The molecule has 0 bridgehead atoms. The Kier molecular flexibility index (Phi) is 5.98. The van der Waals surface area contributed by atoms with Crippen molar-refractivity contribution in [1.29, 1.82) is 0 Å². The van der Waals surface area contributed by atoms with Gasteiger partial charge in [-0.2, -0.15) is 10.2 Å². The SMILES string of the molecule is COc1ccc(CCNC(=O)c2ccn(Cn3nc(C)cc3C)n2)cc1OC. The Morgan fingerprint density at radius 1 is 1.07 bits per heavy atom. The molecule has 28 heavy (non-hydrogen) atoms. The Bertz CT molecular complexity index is 961. The van der Waals surface area contributed by atoms with Crippen LogP contribution < -0.4 is 14.8 Å². The minimum Gasteiger partial charge on any atom is -0.493 e. The number of aryl methyl sites for hydroxylation is 2. The molecule has 0 unspecified atom stereocenters. The summed E-state index contributed by atoms with van der Waals surface area (Å²) in [5.74, 6) is 1.16. The fraction of sp³-hybridized carbons (Fsp3) is 0.350. The first-order valence-electron chi connectivity index (χ1n) is 9.03. The first-order valence-corrected chi connectivity index (χ1v) is 9.03. The Morgan fingerprint density at radius 2 is 1.86 bits per heavy atom. The average Bonchev–Trinajstić information content (AvgIpc) is 3.28. The molecule has 0 saturated heterocycles. The zero-order chi connectivity index (χ0) is 20.1. The van der Waals surface area contributed by atoms with Gasteiger partial charge in [0, 0.05) is 18.4 Å². The first kappa shape index (κ1) is 19.5. The normalized spacial score (nSPS) is 10.7. The molecule has 0 spiro atoms. The second-order valence-corrected chi connectivity index (χ2v) is 6.50. The van der Waals surface area contributed by atoms with E-state index in [1.807, 2.05) is 42.8 Å². The summed E-state index contributed by atoms with van der Waals surface area (Å²) in [7, 11) is 3.21. The summed E-state index contributed by atoms with van der Waals surface area (Å²) in [6.07, 6.45) is 2.46. The number of hydrogen-bond acceptors (Lipinski definition) is 5. The molecule has 1 N–H and O–H groups in total. The molecule has 0 atom stereocenters. The summed E-state index contributed by atoms with van der Waals surface area (Å²) in [6.45, 7) is 4.91. The van der Waals surface area contributed by atoms with Gasteiger partial charge in [-0.3, -0.25) is 9.48 Å². The van der Waals surface area contributed by atoms with Crippen LogP contribution in [0.25, 0.3) is 0 Å². The van der Waals surface area contributed by atoms with E-state index < -0.39 is 0 Å². The number of rotatable bonds is 8.